The fraction of sp³-hybridized carbons (Fsp3) is 0. The van der Waals surface area contributed by atoms with Gasteiger partial charge in [0.1, 0.15) is 5.82 Å². The van der Waals surface area contributed by atoms with E-state index in [1.807, 2.05) is 24.3 Å². The van der Waals surface area contributed by atoms with Gasteiger partial charge < -0.3 is 0 Å². The third-order valence-corrected chi connectivity index (χ3v) is 3.05. The van der Waals surface area contributed by atoms with E-state index < -0.39 is 0 Å². The Balaban J connectivity index is 2.31. The van der Waals surface area contributed by atoms with Crippen molar-refractivity contribution in [1.29, 1.82) is 0 Å². The highest BCUT2D eigenvalue weighted by atomic mass is 79.9. The summed E-state index contributed by atoms with van der Waals surface area (Å²) in [5, 5.41) is 0.951. The molecule has 0 aliphatic rings. The van der Waals surface area contributed by atoms with Crippen LogP contribution in [0.15, 0.2) is 53.3 Å². The number of para-hydroxylation sites is 1. The third-order valence-electron chi connectivity index (χ3n) is 2.69. The topological polar surface area (TPSA) is 25.8 Å². The lowest BCUT2D eigenvalue weighted by Gasteiger charge is -2.06. The van der Waals surface area contributed by atoms with E-state index in [1.54, 1.807) is 12.1 Å². The highest BCUT2D eigenvalue weighted by Crippen LogP contribution is 2.27. The summed E-state index contributed by atoms with van der Waals surface area (Å²) < 4.78 is 13.5. The Morgan fingerprint density at radius 1 is 0.889 bits per heavy atom. The summed E-state index contributed by atoms with van der Waals surface area (Å²) in [7, 11) is 0. The van der Waals surface area contributed by atoms with Crippen molar-refractivity contribution in [2.45, 2.75) is 0 Å². The van der Waals surface area contributed by atoms with Crippen LogP contribution in [0.2, 0.25) is 0 Å². The van der Waals surface area contributed by atoms with Crippen LogP contribution in [-0.4, -0.2) is 9.97 Å². The molecule has 0 aliphatic heterocycles. The first-order valence-electron chi connectivity index (χ1n) is 5.42. The minimum absolute atomic E-state index is 0.254. The number of hydrogen-bond acceptors (Lipinski definition) is 2. The van der Waals surface area contributed by atoms with Gasteiger partial charge in [-0.15, -0.1) is 0 Å². The summed E-state index contributed by atoms with van der Waals surface area (Å²) in [4.78, 5) is 8.70. The van der Waals surface area contributed by atoms with Gasteiger partial charge in [0.25, 0.3) is 0 Å². The van der Waals surface area contributed by atoms with Crippen LogP contribution in [0.1, 0.15) is 0 Å². The number of nitrogens with zero attached hydrogens (tertiary/aromatic N) is 2. The Labute approximate surface area is 112 Å². The molecular formula is C14H8BrFN2. The Morgan fingerprint density at radius 3 is 2.39 bits per heavy atom. The van der Waals surface area contributed by atoms with Gasteiger partial charge in [0.05, 0.1) is 11.2 Å². The van der Waals surface area contributed by atoms with Crippen molar-refractivity contribution in [2.24, 2.45) is 0 Å². The highest BCUT2D eigenvalue weighted by Gasteiger charge is 2.08. The van der Waals surface area contributed by atoms with E-state index in [0.717, 1.165) is 22.2 Å². The molecule has 18 heavy (non-hydrogen) atoms. The van der Waals surface area contributed by atoms with E-state index in [4.69, 9.17) is 0 Å². The number of halogens is 2. The molecule has 0 fully saturated rings. The second-order valence-corrected chi connectivity index (χ2v) is 4.57. The van der Waals surface area contributed by atoms with Gasteiger partial charge in [0.2, 0.25) is 0 Å². The van der Waals surface area contributed by atoms with E-state index >= 15 is 0 Å². The third kappa shape index (κ3) is 1.99. The van der Waals surface area contributed by atoms with Crippen molar-refractivity contribution >= 4 is 26.8 Å². The van der Waals surface area contributed by atoms with Crippen LogP contribution in [0.4, 0.5) is 4.39 Å². The van der Waals surface area contributed by atoms with Gasteiger partial charge in [0, 0.05) is 10.9 Å². The van der Waals surface area contributed by atoms with Crippen molar-refractivity contribution < 1.29 is 4.39 Å². The molecule has 0 saturated heterocycles. The van der Waals surface area contributed by atoms with Crippen molar-refractivity contribution in [2.75, 3.05) is 0 Å². The molecule has 0 bridgehead atoms. The van der Waals surface area contributed by atoms with Gasteiger partial charge in [-0.05, 0) is 46.3 Å². The molecule has 2 nitrogen and oxygen atoms in total. The highest BCUT2D eigenvalue weighted by molar-refractivity contribution is 9.10. The lowest BCUT2D eigenvalue weighted by Crippen LogP contribution is -1.91. The summed E-state index contributed by atoms with van der Waals surface area (Å²) >= 11 is 3.30. The number of aromatic nitrogens is 2. The van der Waals surface area contributed by atoms with Crippen LogP contribution in [0, 0.1) is 5.82 Å². The van der Waals surface area contributed by atoms with E-state index in [-0.39, 0.29) is 5.82 Å². The maximum Gasteiger partial charge on any atom is 0.197 e. The molecule has 3 rings (SSSR count). The lowest BCUT2D eigenvalue weighted by molar-refractivity contribution is 0.628. The quantitative estimate of drug-likeness (QED) is 0.630. The molecule has 0 aliphatic carbocycles. The summed E-state index contributed by atoms with van der Waals surface area (Å²) in [6.45, 7) is 0. The van der Waals surface area contributed by atoms with E-state index in [9.17, 15) is 4.39 Å². The van der Waals surface area contributed by atoms with Crippen molar-refractivity contribution in [1.82, 2.24) is 9.97 Å². The second kappa shape index (κ2) is 4.46. The molecule has 1 heterocycles. The Bertz CT molecular complexity index is 711. The lowest BCUT2D eigenvalue weighted by atomic mass is 10.1. The molecular weight excluding hydrogens is 295 g/mol. The fourth-order valence-electron chi connectivity index (χ4n) is 1.88. The predicted molar refractivity (Wildman–Crippen MR) is 72.6 cm³/mol. The molecule has 2 aromatic carbocycles. The molecule has 3 aromatic rings. The summed E-state index contributed by atoms with van der Waals surface area (Å²) in [6, 6.07) is 14.0. The van der Waals surface area contributed by atoms with Gasteiger partial charge in [0.15, 0.2) is 4.73 Å². The van der Waals surface area contributed by atoms with Gasteiger partial charge in [-0.1, -0.05) is 18.2 Å². The first kappa shape index (κ1) is 11.3. The number of hydrogen-bond donors (Lipinski definition) is 0. The molecule has 0 amide bonds. The van der Waals surface area contributed by atoms with E-state index in [1.165, 1.54) is 12.1 Å². The van der Waals surface area contributed by atoms with Crippen LogP contribution in [-0.2, 0) is 0 Å². The molecule has 0 atom stereocenters. The maximum absolute atomic E-state index is 13.0. The zero-order chi connectivity index (χ0) is 12.5. The van der Waals surface area contributed by atoms with Gasteiger partial charge in [-0.2, -0.15) is 0 Å². The van der Waals surface area contributed by atoms with E-state index in [0.29, 0.717) is 4.73 Å². The molecule has 0 unspecified atom stereocenters. The monoisotopic (exact) mass is 302 g/mol. The van der Waals surface area contributed by atoms with Crippen LogP contribution < -0.4 is 0 Å². The van der Waals surface area contributed by atoms with Crippen LogP contribution in [0.5, 0.6) is 0 Å². The molecule has 1 aromatic heterocycles. The van der Waals surface area contributed by atoms with Crippen LogP contribution in [0.25, 0.3) is 22.2 Å². The maximum atomic E-state index is 13.0. The summed E-state index contributed by atoms with van der Waals surface area (Å²) in [5.74, 6) is -0.254. The van der Waals surface area contributed by atoms with Crippen molar-refractivity contribution in [3.8, 4) is 11.3 Å². The first-order valence-corrected chi connectivity index (χ1v) is 6.21. The Kier molecular flexibility index (Phi) is 2.80. The Hall–Kier alpha value is -1.81. The number of rotatable bonds is 1. The van der Waals surface area contributed by atoms with Gasteiger partial charge in [-0.3, -0.25) is 0 Å². The fourth-order valence-corrected chi connectivity index (χ4v) is 2.24. The smallest absolute Gasteiger partial charge is 0.197 e. The van der Waals surface area contributed by atoms with Crippen LogP contribution >= 0.6 is 15.9 Å². The van der Waals surface area contributed by atoms with Gasteiger partial charge in [-0.25, -0.2) is 14.4 Å². The molecule has 0 radical (unpaired) electrons. The molecule has 0 saturated carbocycles. The predicted octanol–water partition coefficient (Wildman–Crippen LogP) is 4.20. The molecule has 88 valence electrons. The van der Waals surface area contributed by atoms with Gasteiger partial charge >= 0.3 is 0 Å². The first-order chi connectivity index (χ1) is 8.74. The average molecular weight is 303 g/mol. The van der Waals surface area contributed by atoms with Crippen LogP contribution in [0.3, 0.4) is 0 Å². The number of fused-ring (bicyclic) bond motifs is 1. The largest absolute Gasteiger partial charge is 0.222 e. The zero-order valence-electron chi connectivity index (χ0n) is 9.27. The normalized spacial score (nSPS) is 10.8. The zero-order valence-corrected chi connectivity index (χ0v) is 10.9. The Morgan fingerprint density at radius 2 is 1.61 bits per heavy atom. The SMILES string of the molecule is Fc1ccc(-c2nc(Br)nc3ccccc23)cc1. The second-order valence-electron chi connectivity index (χ2n) is 3.87. The molecule has 4 heteroatoms. The molecule has 0 spiro atoms. The summed E-state index contributed by atoms with van der Waals surface area (Å²) in [5.41, 5.74) is 2.53. The standard InChI is InChI=1S/C14H8BrFN2/c15-14-17-12-4-2-1-3-11(12)13(18-14)9-5-7-10(16)8-6-9/h1-8H. The average Bonchev–Trinajstić information content (AvgIpc) is 2.38. The number of benzene rings is 2. The minimum Gasteiger partial charge on any atom is -0.222 e. The summed E-state index contributed by atoms with van der Waals surface area (Å²) in [6.07, 6.45) is 0. The van der Waals surface area contributed by atoms with Crippen molar-refractivity contribution in [3.05, 3.63) is 59.1 Å². The molecule has 0 N–H and O–H groups in total. The van der Waals surface area contributed by atoms with Crippen molar-refractivity contribution in [3.63, 3.8) is 0 Å². The van der Waals surface area contributed by atoms with E-state index in [2.05, 4.69) is 25.9 Å². The minimum atomic E-state index is -0.254.